The number of rotatable bonds is 1. The van der Waals surface area contributed by atoms with Gasteiger partial charge in [0.05, 0.1) is 16.1 Å². The van der Waals surface area contributed by atoms with E-state index in [-0.39, 0.29) is 5.15 Å². The van der Waals surface area contributed by atoms with Gasteiger partial charge in [-0.15, -0.1) is 11.3 Å². The van der Waals surface area contributed by atoms with Crippen LogP contribution in [0.25, 0.3) is 20.7 Å². The smallest absolute Gasteiger partial charge is 0.147 e. The number of hydrogen-bond donors (Lipinski definition) is 0. The fraction of sp³-hybridized carbons (Fsp3) is 0. The molecule has 0 aliphatic heterocycles. The molecule has 0 saturated heterocycles. The van der Waals surface area contributed by atoms with E-state index in [2.05, 4.69) is 23.2 Å². The van der Waals surface area contributed by atoms with E-state index < -0.39 is 0 Å². The molecule has 0 fully saturated rings. The number of hydrogen-bond acceptors (Lipinski definition) is 3. The van der Waals surface area contributed by atoms with Crippen LogP contribution < -0.4 is 0 Å². The summed E-state index contributed by atoms with van der Waals surface area (Å²) >= 11 is 7.62. The molecule has 0 amide bonds. The van der Waals surface area contributed by atoms with Crippen molar-refractivity contribution in [2.45, 2.75) is 0 Å². The SMILES string of the molecule is N#Cc1ccc(-c2cc3ccccc3s2)nc1Cl. The van der Waals surface area contributed by atoms with E-state index in [1.165, 1.54) is 10.1 Å². The summed E-state index contributed by atoms with van der Waals surface area (Å²) in [5.41, 5.74) is 1.21. The van der Waals surface area contributed by atoms with Gasteiger partial charge >= 0.3 is 0 Å². The second kappa shape index (κ2) is 4.41. The molecule has 0 bridgehead atoms. The maximum absolute atomic E-state index is 8.82. The van der Waals surface area contributed by atoms with Gasteiger partial charge in [-0.25, -0.2) is 4.98 Å². The zero-order chi connectivity index (χ0) is 12.5. The van der Waals surface area contributed by atoms with Gasteiger partial charge in [0, 0.05) is 4.70 Å². The van der Waals surface area contributed by atoms with Crippen LogP contribution in [0.1, 0.15) is 5.56 Å². The lowest BCUT2D eigenvalue weighted by atomic mass is 10.2. The molecule has 18 heavy (non-hydrogen) atoms. The first kappa shape index (κ1) is 11.2. The fourth-order valence-corrected chi connectivity index (χ4v) is 2.99. The molecule has 4 heteroatoms. The van der Waals surface area contributed by atoms with Crippen molar-refractivity contribution >= 4 is 33.0 Å². The Morgan fingerprint density at radius 3 is 2.72 bits per heavy atom. The fourth-order valence-electron chi connectivity index (χ4n) is 1.76. The van der Waals surface area contributed by atoms with Gasteiger partial charge < -0.3 is 0 Å². The molecule has 0 spiro atoms. The first-order chi connectivity index (χ1) is 8.78. The summed E-state index contributed by atoms with van der Waals surface area (Å²) in [5, 5.41) is 10.3. The predicted molar refractivity (Wildman–Crippen MR) is 74.8 cm³/mol. The van der Waals surface area contributed by atoms with Crippen LogP contribution in [-0.2, 0) is 0 Å². The second-order valence-electron chi connectivity index (χ2n) is 3.80. The van der Waals surface area contributed by atoms with Crippen LogP contribution in [0.3, 0.4) is 0 Å². The molecular weight excluding hydrogens is 264 g/mol. The Bertz CT molecular complexity index is 738. The van der Waals surface area contributed by atoms with E-state index in [1.54, 1.807) is 17.4 Å². The van der Waals surface area contributed by atoms with Crippen molar-refractivity contribution in [3.63, 3.8) is 0 Å². The summed E-state index contributed by atoms with van der Waals surface area (Å²) in [5.74, 6) is 0. The number of thiophene rings is 1. The summed E-state index contributed by atoms with van der Waals surface area (Å²) in [7, 11) is 0. The third kappa shape index (κ3) is 1.86. The Balaban J connectivity index is 2.15. The molecule has 3 rings (SSSR count). The summed E-state index contributed by atoms with van der Waals surface area (Å²) in [6.07, 6.45) is 0. The molecule has 0 unspecified atom stereocenters. The van der Waals surface area contributed by atoms with Crippen LogP contribution in [0, 0.1) is 11.3 Å². The van der Waals surface area contributed by atoms with Crippen molar-refractivity contribution in [3.05, 3.63) is 53.2 Å². The summed E-state index contributed by atoms with van der Waals surface area (Å²) < 4.78 is 1.22. The summed E-state index contributed by atoms with van der Waals surface area (Å²) in [6.45, 7) is 0. The van der Waals surface area contributed by atoms with Gasteiger partial charge in [-0.05, 0) is 29.7 Å². The zero-order valence-electron chi connectivity index (χ0n) is 9.22. The van der Waals surface area contributed by atoms with Crippen molar-refractivity contribution < 1.29 is 0 Å². The molecule has 0 atom stereocenters. The van der Waals surface area contributed by atoms with E-state index >= 15 is 0 Å². The lowest BCUT2D eigenvalue weighted by Gasteiger charge is -1.98. The van der Waals surface area contributed by atoms with Gasteiger partial charge in [0.25, 0.3) is 0 Å². The second-order valence-corrected chi connectivity index (χ2v) is 5.24. The van der Waals surface area contributed by atoms with Gasteiger partial charge in [0.15, 0.2) is 0 Å². The van der Waals surface area contributed by atoms with Gasteiger partial charge in [-0.1, -0.05) is 29.8 Å². The topological polar surface area (TPSA) is 36.7 Å². The number of nitrogens with zero attached hydrogens (tertiary/aromatic N) is 2. The lowest BCUT2D eigenvalue weighted by molar-refractivity contribution is 1.31. The Morgan fingerprint density at radius 1 is 1.17 bits per heavy atom. The first-order valence-corrected chi connectivity index (χ1v) is 6.53. The minimum atomic E-state index is 0.257. The Hall–Kier alpha value is -1.89. The Morgan fingerprint density at radius 2 is 2.00 bits per heavy atom. The van der Waals surface area contributed by atoms with Crippen molar-refractivity contribution in [2.24, 2.45) is 0 Å². The molecule has 1 aromatic carbocycles. The van der Waals surface area contributed by atoms with Crippen LogP contribution in [-0.4, -0.2) is 4.98 Å². The molecule has 0 radical (unpaired) electrons. The van der Waals surface area contributed by atoms with E-state index in [0.29, 0.717) is 5.56 Å². The third-order valence-corrected chi connectivity index (χ3v) is 4.07. The third-order valence-electron chi connectivity index (χ3n) is 2.65. The number of benzene rings is 1. The number of aromatic nitrogens is 1. The molecule has 2 nitrogen and oxygen atoms in total. The predicted octanol–water partition coefficient (Wildman–Crippen LogP) is 4.49. The molecule has 0 saturated carbocycles. The number of fused-ring (bicyclic) bond motifs is 1. The minimum absolute atomic E-state index is 0.257. The molecule has 86 valence electrons. The first-order valence-electron chi connectivity index (χ1n) is 5.33. The van der Waals surface area contributed by atoms with Gasteiger partial charge in [-0.3, -0.25) is 0 Å². The van der Waals surface area contributed by atoms with Crippen LogP contribution in [0.5, 0.6) is 0 Å². The van der Waals surface area contributed by atoms with Crippen molar-refractivity contribution in [3.8, 4) is 16.6 Å². The molecule has 0 N–H and O–H groups in total. The highest BCUT2D eigenvalue weighted by Gasteiger charge is 2.08. The normalized spacial score (nSPS) is 10.4. The highest BCUT2D eigenvalue weighted by Crippen LogP contribution is 2.33. The van der Waals surface area contributed by atoms with Crippen molar-refractivity contribution in [2.75, 3.05) is 0 Å². The molecule has 0 aliphatic rings. The minimum Gasteiger partial charge on any atom is -0.234 e. The van der Waals surface area contributed by atoms with Gasteiger partial charge in [-0.2, -0.15) is 5.26 Å². The standard InChI is InChI=1S/C14H7ClN2S/c15-14-10(8-16)5-6-11(17-14)13-7-9-3-1-2-4-12(9)18-13/h1-7H. The molecular formula is C14H7ClN2S. The maximum atomic E-state index is 8.82. The maximum Gasteiger partial charge on any atom is 0.147 e. The largest absolute Gasteiger partial charge is 0.234 e. The highest BCUT2D eigenvalue weighted by molar-refractivity contribution is 7.22. The molecule has 2 heterocycles. The average Bonchev–Trinajstić information content (AvgIpc) is 2.82. The lowest BCUT2D eigenvalue weighted by Crippen LogP contribution is -1.85. The number of nitriles is 1. The number of pyridine rings is 1. The number of halogens is 1. The van der Waals surface area contributed by atoms with E-state index in [4.69, 9.17) is 16.9 Å². The van der Waals surface area contributed by atoms with Crippen LogP contribution in [0.15, 0.2) is 42.5 Å². The van der Waals surface area contributed by atoms with Crippen LogP contribution in [0.2, 0.25) is 5.15 Å². The molecule has 3 aromatic rings. The van der Waals surface area contributed by atoms with E-state index in [1.807, 2.05) is 24.3 Å². The zero-order valence-corrected chi connectivity index (χ0v) is 10.8. The van der Waals surface area contributed by atoms with Crippen LogP contribution in [0.4, 0.5) is 0 Å². The molecule has 2 aromatic heterocycles. The Labute approximate surface area is 113 Å². The van der Waals surface area contributed by atoms with Crippen LogP contribution >= 0.6 is 22.9 Å². The molecule has 0 aliphatic carbocycles. The summed E-state index contributed by atoms with van der Waals surface area (Å²) in [4.78, 5) is 5.32. The quantitative estimate of drug-likeness (QED) is 0.611. The van der Waals surface area contributed by atoms with Crippen molar-refractivity contribution in [1.82, 2.24) is 4.98 Å². The van der Waals surface area contributed by atoms with Gasteiger partial charge in [0.1, 0.15) is 11.2 Å². The Kier molecular flexibility index (Phi) is 2.75. The van der Waals surface area contributed by atoms with E-state index in [9.17, 15) is 0 Å². The summed E-state index contributed by atoms with van der Waals surface area (Å²) in [6, 6.07) is 15.8. The van der Waals surface area contributed by atoms with Crippen molar-refractivity contribution in [1.29, 1.82) is 5.26 Å². The monoisotopic (exact) mass is 270 g/mol. The average molecular weight is 271 g/mol. The van der Waals surface area contributed by atoms with Gasteiger partial charge in [0.2, 0.25) is 0 Å². The van der Waals surface area contributed by atoms with E-state index in [0.717, 1.165) is 10.6 Å². The highest BCUT2D eigenvalue weighted by atomic mass is 35.5.